The number of hydrogen-bond acceptors (Lipinski definition) is 7. The molecule has 10 heteroatoms. The quantitative estimate of drug-likeness (QED) is 0.343. The fraction of sp³-hybridized carbons (Fsp3) is 0.125. The molecule has 174 valence electrons. The van der Waals surface area contributed by atoms with Gasteiger partial charge in [0.2, 0.25) is 5.82 Å². The van der Waals surface area contributed by atoms with Crippen LogP contribution in [0.3, 0.4) is 0 Å². The number of benzene rings is 3. The summed E-state index contributed by atoms with van der Waals surface area (Å²) < 4.78 is 51.0. The zero-order chi connectivity index (χ0) is 24.1. The highest BCUT2D eigenvalue weighted by Gasteiger charge is 2.25. The van der Waals surface area contributed by atoms with E-state index in [0.717, 1.165) is 0 Å². The molecule has 0 spiro atoms. The van der Waals surface area contributed by atoms with E-state index in [9.17, 15) is 17.6 Å². The van der Waals surface area contributed by atoms with Gasteiger partial charge in [-0.3, -0.25) is 4.31 Å². The van der Waals surface area contributed by atoms with Crippen LogP contribution in [0.2, 0.25) is 0 Å². The molecule has 0 atom stereocenters. The summed E-state index contributed by atoms with van der Waals surface area (Å²) in [6, 6.07) is 19.8. The Hall–Kier alpha value is -4.05. The fourth-order valence-corrected chi connectivity index (χ4v) is 4.76. The van der Waals surface area contributed by atoms with E-state index in [1.165, 1.54) is 52.8 Å². The number of esters is 1. The predicted octanol–water partition coefficient (Wildman–Crippen LogP) is 4.45. The Balaban J connectivity index is 1.47. The van der Waals surface area contributed by atoms with Crippen LogP contribution in [-0.4, -0.2) is 31.1 Å². The number of rotatable bonds is 8. The lowest BCUT2D eigenvalue weighted by Crippen LogP contribution is -2.30. The summed E-state index contributed by atoms with van der Waals surface area (Å²) in [6.07, 6.45) is 0. The molecule has 0 radical (unpaired) electrons. The Morgan fingerprint density at radius 1 is 1.03 bits per heavy atom. The summed E-state index contributed by atoms with van der Waals surface area (Å²) in [5.74, 6) is -0.879. The molecule has 0 unspecified atom stereocenters. The Kier molecular flexibility index (Phi) is 6.69. The van der Waals surface area contributed by atoms with Gasteiger partial charge < -0.3 is 9.26 Å². The van der Waals surface area contributed by atoms with E-state index in [1.807, 2.05) is 0 Å². The number of halogens is 1. The van der Waals surface area contributed by atoms with Crippen LogP contribution in [0.15, 0.2) is 88.3 Å². The minimum absolute atomic E-state index is 0.0379. The maximum Gasteiger partial charge on any atom is 0.338 e. The standard InChI is InChI=1S/C24H20FN3O5S/c1-2-28(20-8-4-3-5-9-20)34(30,31)21-10-6-7-18(15-21)24(29)32-16-22-26-23(27-33-22)17-11-13-19(25)14-12-17/h3-15H,2,16H2,1H3. The van der Waals surface area contributed by atoms with E-state index in [-0.39, 0.29) is 35.3 Å². The summed E-state index contributed by atoms with van der Waals surface area (Å²) in [6.45, 7) is 1.64. The van der Waals surface area contributed by atoms with E-state index in [0.29, 0.717) is 11.3 Å². The number of anilines is 1. The van der Waals surface area contributed by atoms with E-state index < -0.39 is 21.8 Å². The molecule has 4 rings (SSSR count). The molecule has 0 amide bonds. The number of ether oxygens (including phenoxy) is 1. The lowest BCUT2D eigenvalue weighted by Gasteiger charge is -2.23. The summed E-state index contributed by atoms with van der Waals surface area (Å²) in [5, 5.41) is 3.79. The normalized spacial score (nSPS) is 11.2. The van der Waals surface area contributed by atoms with Crippen molar-refractivity contribution in [1.82, 2.24) is 10.1 Å². The van der Waals surface area contributed by atoms with Crippen LogP contribution in [-0.2, 0) is 21.4 Å². The lowest BCUT2D eigenvalue weighted by molar-refractivity contribution is 0.0429. The molecule has 34 heavy (non-hydrogen) atoms. The minimum atomic E-state index is -3.90. The van der Waals surface area contributed by atoms with Gasteiger partial charge in [0.1, 0.15) is 5.82 Å². The van der Waals surface area contributed by atoms with Crippen LogP contribution in [0.5, 0.6) is 0 Å². The van der Waals surface area contributed by atoms with Crippen LogP contribution in [0.1, 0.15) is 23.2 Å². The number of hydrogen-bond donors (Lipinski definition) is 0. The SMILES string of the molecule is CCN(c1ccccc1)S(=O)(=O)c1cccc(C(=O)OCc2nc(-c3ccc(F)cc3)no2)c1. The molecular formula is C24H20FN3O5S. The van der Waals surface area contributed by atoms with Gasteiger partial charge in [-0.05, 0) is 61.5 Å². The topological polar surface area (TPSA) is 103 Å². The van der Waals surface area contributed by atoms with Gasteiger partial charge in [-0.2, -0.15) is 4.98 Å². The summed E-state index contributed by atoms with van der Waals surface area (Å²) in [5.41, 5.74) is 1.12. The molecular weight excluding hydrogens is 461 g/mol. The van der Waals surface area contributed by atoms with Crippen LogP contribution >= 0.6 is 0 Å². The number of carbonyl (C=O) groups excluding carboxylic acids is 1. The predicted molar refractivity (Wildman–Crippen MR) is 122 cm³/mol. The van der Waals surface area contributed by atoms with Gasteiger partial charge in [-0.15, -0.1) is 0 Å². The van der Waals surface area contributed by atoms with Crippen molar-refractivity contribution in [2.24, 2.45) is 0 Å². The second-order valence-corrected chi connectivity index (χ2v) is 8.99. The first-order valence-electron chi connectivity index (χ1n) is 10.3. The molecule has 4 aromatic rings. The van der Waals surface area contributed by atoms with Crippen molar-refractivity contribution in [3.05, 3.63) is 96.1 Å². The van der Waals surface area contributed by atoms with E-state index >= 15 is 0 Å². The monoisotopic (exact) mass is 481 g/mol. The zero-order valence-corrected chi connectivity index (χ0v) is 18.9. The molecule has 0 aliphatic heterocycles. The molecule has 3 aromatic carbocycles. The Labute approximate surface area is 195 Å². The first-order valence-corrected chi connectivity index (χ1v) is 11.8. The molecule has 1 heterocycles. The zero-order valence-electron chi connectivity index (χ0n) is 18.1. The molecule has 0 aliphatic rings. The van der Waals surface area contributed by atoms with Crippen molar-refractivity contribution in [3.63, 3.8) is 0 Å². The highest BCUT2D eigenvalue weighted by atomic mass is 32.2. The van der Waals surface area contributed by atoms with Crippen LogP contribution in [0.25, 0.3) is 11.4 Å². The number of para-hydroxylation sites is 1. The van der Waals surface area contributed by atoms with Crippen LogP contribution in [0.4, 0.5) is 10.1 Å². The van der Waals surface area contributed by atoms with Crippen molar-refractivity contribution in [3.8, 4) is 11.4 Å². The average Bonchev–Trinajstić information content (AvgIpc) is 3.33. The smallest absolute Gasteiger partial charge is 0.338 e. The number of nitrogens with zero attached hydrogens (tertiary/aromatic N) is 3. The molecule has 0 N–H and O–H groups in total. The second-order valence-electron chi connectivity index (χ2n) is 7.13. The van der Waals surface area contributed by atoms with Gasteiger partial charge in [0.25, 0.3) is 15.9 Å². The minimum Gasteiger partial charge on any atom is -0.452 e. The largest absolute Gasteiger partial charge is 0.452 e. The molecule has 8 nitrogen and oxygen atoms in total. The molecule has 0 bridgehead atoms. The van der Waals surface area contributed by atoms with Gasteiger partial charge in [0.15, 0.2) is 6.61 Å². The summed E-state index contributed by atoms with van der Waals surface area (Å²) >= 11 is 0. The third-order valence-corrected chi connectivity index (χ3v) is 6.79. The van der Waals surface area contributed by atoms with Crippen molar-refractivity contribution in [2.45, 2.75) is 18.4 Å². The summed E-state index contributed by atoms with van der Waals surface area (Å²) in [7, 11) is -3.90. The van der Waals surface area contributed by atoms with Crippen molar-refractivity contribution < 1.29 is 26.9 Å². The number of aromatic nitrogens is 2. The highest BCUT2D eigenvalue weighted by molar-refractivity contribution is 7.92. The maximum atomic E-state index is 13.2. The maximum absolute atomic E-state index is 13.2. The third-order valence-electron chi connectivity index (χ3n) is 4.89. The van der Waals surface area contributed by atoms with Crippen molar-refractivity contribution in [2.75, 3.05) is 10.8 Å². The highest BCUT2D eigenvalue weighted by Crippen LogP contribution is 2.24. The van der Waals surface area contributed by atoms with E-state index in [4.69, 9.17) is 9.26 Å². The molecule has 1 aromatic heterocycles. The molecule has 0 saturated carbocycles. The van der Waals surface area contributed by atoms with E-state index in [1.54, 1.807) is 37.3 Å². The lowest BCUT2D eigenvalue weighted by atomic mass is 10.2. The Morgan fingerprint density at radius 3 is 2.47 bits per heavy atom. The number of sulfonamides is 1. The Morgan fingerprint density at radius 2 is 1.76 bits per heavy atom. The van der Waals surface area contributed by atoms with Gasteiger partial charge >= 0.3 is 5.97 Å². The van der Waals surface area contributed by atoms with Gasteiger partial charge in [-0.1, -0.05) is 29.4 Å². The fourth-order valence-electron chi connectivity index (χ4n) is 3.24. The second kappa shape index (κ2) is 9.84. The molecule has 0 saturated heterocycles. The van der Waals surface area contributed by atoms with Crippen molar-refractivity contribution >= 4 is 21.7 Å². The van der Waals surface area contributed by atoms with Crippen molar-refractivity contribution in [1.29, 1.82) is 0 Å². The first-order chi connectivity index (χ1) is 16.4. The molecule has 0 aliphatic carbocycles. The van der Waals surface area contributed by atoms with Crippen LogP contribution in [0, 0.1) is 5.82 Å². The van der Waals surface area contributed by atoms with Gasteiger partial charge in [0, 0.05) is 12.1 Å². The van der Waals surface area contributed by atoms with E-state index in [2.05, 4.69) is 10.1 Å². The Bertz CT molecular complexity index is 1390. The molecule has 0 fully saturated rings. The van der Waals surface area contributed by atoms with Gasteiger partial charge in [-0.25, -0.2) is 17.6 Å². The number of carbonyl (C=O) groups is 1. The van der Waals surface area contributed by atoms with Crippen LogP contribution < -0.4 is 4.31 Å². The summed E-state index contributed by atoms with van der Waals surface area (Å²) in [4.78, 5) is 16.6. The van der Waals surface area contributed by atoms with Gasteiger partial charge in [0.05, 0.1) is 16.1 Å². The average molecular weight is 482 g/mol. The first kappa shape index (κ1) is 23.1. The third kappa shape index (κ3) is 4.96.